The fourth-order valence-corrected chi connectivity index (χ4v) is 8.72. The summed E-state index contributed by atoms with van der Waals surface area (Å²) in [5, 5.41) is 0. The van der Waals surface area contributed by atoms with Gasteiger partial charge in [-0.2, -0.15) is 0 Å². The predicted octanol–water partition coefficient (Wildman–Crippen LogP) is 4.69. The molecule has 2 aromatic rings. The maximum atomic E-state index is 12.0. The van der Waals surface area contributed by atoms with E-state index in [1.165, 1.54) is 0 Å². The molecular formula is C18H23IO4S. The number of benzene rings is 2. The van der Waals surface area contributed by atoms with Crippen LogP contribution < -0.4 is 4.74 Å². The molecule has 0 bridgehead atoms. The molecule has 0 aliphatic rings. The van der Waals surface area contributed by atoms with Crippen molar-refractivity contribution in [2.45, 2.75) is 33.3 Å². The van der Waals surface area contributed by atoms with Crippen molar-refractivity contribution in [3.05, 3.63) is 61.7 Å². The second-order valence-electron chi connectivity index (χ2n) is 6.12. The number of halogens is 1. The van der Waals surface area contributed by atoms with Gasteiger partial charge in [0.05, 0.1) is 0 Å². The zero-order valence-corrected chi connectivity index (χ0v) is 17.3. The Balaban J connectivity index is 2.34. The first-order valence-corrected chi connectivity index (χ1v) is 12.3. The Morgan fingerprint density at radius 3 is 1.96 bits per heavy atom. The van der Waals surface area contributed by atoms with Crippen molar-refractivity contribution in [3.8, 4) is 5.75 Å². The fourth-order valence-electron chi connectivity index (χ4n) is 1.84. The van der Waals surface area contributed by atoms with E-state index < -0.39 is 30.4 Å². The number of hydrogen-bond acceptors (Lipinski definition) is 4. The van der Waals surface area contributed by atoms with Gasteiger partial charge in [0.1, 0.15) is 0 Å². The predicted molar refractivity (Wildman–Crippen MR) is 105 cm³/mol. The fraction of sp³-hybridized carbons (Fsp3) is 0.333. The van der Waals surface area contributed by atoms with E-state index in [1.54, 1.807) is 6.92 Å². The van der Waals surface area contributed by atoms with Gasteiger partial charge in [0.25, 0.3) is 0 Å². The van der Waals surface area contributed by atoms with Gasteiger partial charge in [-0.25, -0.2) is 0 Å². The Labute approximate surface area is 152 Å². The molecule has 0 aliphatic heterocycles. The summed E-state index contributed by atoms with van der Waals surface area (Å²) in [5.41, 5.74) is -0.276. The molecule has 0 radical (unpaired) electrons. The van der Waals surface area contributed by atoms with Gasteiger partial charge in [-0.05, 0) is 0 Å². The van der Waals surface area contributed by atoms with Gasteiger partial charge in [0, 0.05) is 0 Å². The molecule has 0 unspecified atom stereocenters. The van der Waals surface area contributed by atoms with Gasteiger partial charge in [-0.3, -0.25) is 0 Å². The van der Waals surface area contributed by atoms with E-state index in [0.29, 0.717) is 0 Å². The summed E-state index contributed by atoms with van der Waals surface area (Å²) in [6.45, 7) is 7.55. The van der Waals surface area contributed by atoms with E-state index in [1.807, 2.05) is 75.4 Å². The van der Waals surface area contributed by atoms with Gasteiger partial charge >= 0.3 is 153 Å². The number of hydrogen-bond donors (Lipinski definition) is 0. The number of rotatable bonds is 6. The summed E-state index contributed by atoms with van der Waals surface area (Å²) < 4.78 is 37.3. The van der Waals surface area contributed by atoms with Gasteiger partial charge < -0.3 is 0 Å². The Morgan fingerprint density at radius 2 is 1.46 bits per heavy atom. The van der Waals surface area contributed by atoms with Gasteiger partial charge in [-0.15, -0.1) is 0 Å². The summed E-state index contributed by atoms with van der Waals surface area (Å²) in [6, 6.07) is 17.1. The summed E-state index contributed by atoms with van der Waals surface area (Å²) >= 11 is -2.52. The van der Waals surface area contributed by atoms with E-state index >= 15 is 0 Å². The average Bonchev–Trinajstić information content (AvgIpc) is 2.53. The van der Waals surface area contributed by atoms with Gasteiger partial charge in [0.15, 0.2) is 0 Å². The van der Waals surface area contributed by atoms with Crippen LogP contribution in [0.25, 0.3) is 0 Å². The third-order valence-electron chi connectivity index (χ3n) is 2.88. The molecule has 0 fully saturated rings. The molecule has 0 spiro atoms. The van der Waals surface area contributed by atoms with Crippen molar-refractivity contribution in [2.24, 2.45) is 0 Å². The van der Waals surface area contributed by atoms with Crippen molar-refractivity contribution in [1.29, 1.82) is 0 Å². The summed E-state index contributed by atoms with van der Waals surface area (Å²) in [5.74, 6) is 0.729. The molecule has 0 saturated carbocycles. The second kappa shape index (κ2) is 7.84. The van der Waals surface area contributed by atoms with Gasteiger partial charge in [-0.1, -0.05) is 0 Å². The number of ether oxygens (including phenoxy) is 1. The van der Waals surface area contributed by atoms with Gasteiger partial charge in [0.2, 0.25) is 0 Å². The van der Waals surface area contributed by atoms with E-state index in [2.05, 4.69) is 0 Å². The first-order chi connectivity index (χ1) is 11.2. The molecular weight excluding hydrogens is 439 g/mol. The molecule has 0 aromatic heterocycles. The van der Waals surface area contributed by atoms with E-state index in [-0.39, 0.29) is 11.4 Å². The van der Waals surface area contributed by atoms with Crippen molar-refractivity contribution in [3.63, 3.8) is 0 Å². The SMILES string of the molecule is CCS(=O)(=O)OI(c1ccccc1)c1ccc(OC(C)(C)C)cc1. The molecule has 0 aliphatic carbocycles. The molecule has 2 aromatic carbocycles. The topological polar surface area (TPSA) is 52.6 Å². The van der Waals surface area contributed by atoms with Crippen molar-refractivity contribution < 1.29 is 15.7 Å². The van der Waals surface area contributed by atoms with Crippen LogP contribution in [0.3, 0.4) is 0 Å². The van der Waals surface area contributed by atoms with Crippen LogP contribution in [0.2, 0.25) is 0 Å². The molecule has 6 heteroatoms. The average molecular weight is 462 g/mol. The quantitative estimate of drug-likeness (QED) is 0.585. The van der Waals surface area contributed by atoms with Crippen LogP contribution in [-0.4, -0.2) is 19.8 Å². The first kappa shape index (κ1) is 19.2. The van der Waals surface area contributed by atoms with Crippen molar-refractivity contribution in [1.82, 2.24) is 0 Å². The van der Waals surface area contributed by atoms with Crippen molar-refractivity contribution >= 4 is 30.4 Å². The molecule has 0 amide bonds. The van der Waals surface area contributed by atoms with Crippen LogP contribution in [0.1, 0.15) is 27.7 Å². The third-order valence-corrected chi connectivity index (χ3v) is 10.3. The van der Waals surface area contributed by atoms with Crippen LogP contribution in [0.4, 0.5) is 0 Å². The molecule has 132 valence electrons. The zero-order valence-electron chi connectivity index (χ0n) is 14.3. The Morgan fingerprint density at radius 1 is 0.917 bits per heavy atom. The van der Waals surface area contributed by atoms with Crippen LogP contribution in [0.5, 0.6) is 5.75 Å². The van der Waals surface area contributed by atoms with Crippen LogP contribution in [0, 0.1) is 7.14 Å². The molecule has 0 heterocycles. The Hall–Kier alpha value is -1.12. The van der Waals surface area contributed by atoms with E-state index in [0.717, 1.165) is 12.9 Å². The molecule has 2 rings (SSSR count). The monoisotopic (exact) mass is 462 g/mol. The van der Waals surface area contributed by atoms with Crippen LogP contribution in [0.15, 0.2) is 54.6 Å². The third kappa shape index (κ3) is 5.75. The molecule has 4 nitrogen and oxygen atoms in total. The second-order valence-corrected chi connectivity index (χ2v) is 12.9. The Bertz CT molecular complexity index is 750. The normalized spacial score (nSPS) is 12.8. The standard InChI is InChI=1S/C18H23IO4S/c1-5-24(20,21)23-19(15-9-7-6-8-10-15)16-11-13-17(14-12-16)22-18(2,3)4/h6-14H,5H2,1-4H3. The first-order valence-electron chi connectivity index (χ1n) is 7.67. The molecule has 0 atom stereocenters. The summed E-state index contributed by atoms with van der Waals surface area (Å²) in [4.78, 5) is 0. The Kier molecular flexibility index (Phi) is 6.28. The minimum atomic E-state index is -3.52. The zero-order chi connectivity index (χ0) is 17.8. The molecule has 0 saturated heterocycles. The van der Waals surface area contributed by atoms with Crippen LogP contribution >= 0.6 is 20.2 Å². The minimum absolute atomic E-state index is 0.0287. The van der Waals surface area contributed by atoms with Crippen LogP contribution in [-0.2, 0) is 12.6 Å². The molecule has 24 heavy (non-hydrogen) atoms. The van der Waals surface area contributed by atoms with Crippen molar-refractivity contribution in [2.75, 3.05) is 5.75 Å². The van der Waals surface area contributed by atoms with E-state index in [9.17, 15) is 8.42 Å². The summed E-state index contributed by atoms with van der Waals surface area (Å²) in [7, 11) is -3.52. The summed E-state index contributed by atoms with van der Waals surface area (Å²) in [6.07, 6.45) is 0. The van der Waals surface area contributed by atoms with E-state index in [4.69, 9.17) is 7.25 Å². The molecule has 0 N–H and O–H groups in total. The maximum absolute atomic E-state index is 12.0.